The SMILES string of the molecule is C[C-]=CC[C@@H](C/C=C\NC(=O)[C@@H](N)C(C)(C)C)O[Si](c1ccccc1)(c1ccccc1)C(C)(C)C.[Y]. The van der Waals surface area contributed by atoms with E-state index >= 15 is 0 Å². The summed E-state index contributed by atoms with van der Waals surface area (Å²) >= 11 is 0. The molecule has 6 heteroatoms. The van der Waals surface area contributed by atoms with Crippen molar-refractivity contribution in [2.24, 2.45) is 11.1 Å². The van der Waals surface area contributed by atoms with Gasteiger partial charge in [-0.1, -0.05) is 108 Å². The van der Waals surface area contributed by atoms with E-state index in [2.05, 4.69) is 92.8 Å². The Bertz CT molecular complexity index is 940. The number of hydrogen-bond acceptors (Lipinski definition) is 3. The molecular formula is C30H43N2O2SiY-. The zero-order valence-electron chi connectivity index (χ0n) is 23.0. The van der Waals surface area contributed by atoms with Crippen molar-refractivity contribution >= 4 is 24.6 Å². The van der Waals surface area contributed by atoms with E-state index in [0.29, 0.717) is 6.42 Å². The molecule has 0 unspecified atom stereocenters. The van der Waals surface area contributed by atoms with Gasteiger partial charge >= 0.3 is 0 Å². The van der Waals surface area contributed by atoms with Crippen LogP contribution < -0.4 is 21.4 Å². The number of allylic oxidation sites excluding steroid dienone is 1. The van der Waals surface area contributed by atoms with Gasteiger partial charge in [0.2, 0.25) is 5.91 Å². The molecule has 2 aromatic rings. The third-order valence-corrected chi connectivity index (χ3v) is 11.4. The van der Waals surface area contributed by atoms with Crippen LogP contribution in [0.15, 0.2) is 79.0 Å². The molecule has 0 spiro atoms. The van der Waals surface area contributed by atoms with Gasteiger partial charge in [0, 0.05) is 32.7 Å². The van der Waals surface area contributed by atoms with Crippen molar-refractivity contribution in [2.75, 3.05) is 0 Å². The van der Waals surface area contributed by atoms with Crippen LogP contribution in [0.25, 0.3) is 0 Å². The Morgan fingerprint density at radius 2 is 1.47 bits per heavy atom. The van der Waals surface area contributed by atoms with Gasteiger partial charge in [0.05, 0.1) is 12.1 Å². The molecule has 193 valence electrons. The molecule has 0 aromatic heterocycles. The summed E-state index contributed by atoms with van der Waals surface area (Å²) in [6.45, 7) is 14.6. The van der Waals surface area contributed by atoms with Crippen LogP contribution >= 0.6 is 0 Å². The van der Waals surface area contributed by atoms with Crippen LogP contribution in [0, 0.1) is 11.5 Å². The van der Waals surface area contributed by atoms with Crippen molar-refractivity contribution in [2.45, 2.75) is 78.5 Å². The monoisotopic (exact) mass is 580 g/mol. The third-order valence-electron chi connectivity index (χ3n) is 6.30. The topological polar surface area (TPSA) is 64.4 Å². The summed E-state index contributed by atoms with van der Waals surface area (Å²) in [6, 6.07) is 20.7. The zero-order valence-corrected chi connectivity index (χ0v) is 26.9. The van der Waals surface area contributed by atoms with Crippen LogP contribution in [0.1, 0.15) is 61.3 Å². The average Bonchev–Trinajstić information content (AvgIpc) is 2.82. The quantitative estimate of drug-likeness (QED) is 0.304. The van der Waals surface area contributed by atoms with E-state index in [1.54, 1.807) is 6.20 Å². The predicted octanol–water partition coefficient (Wildman–Crippen LogP) is 5.09. The minimum absolute atomic E-state index is 0. The van der Waals surface area contributed by atoms with Crippen molar-refractivity contribution in [1.29, 1.82) is 0 Å². The maximum Gasteiger partial charge on any atom is 0.261 e. The molecule has 2 rings (SSSR count). The standard InChI is InChI=1S/C30H43N2O2Si.Y/c1-8-9-17-24(18-16-23-32-28(33)27(31)29(2,3)4)34-35(30(5,6)7,25-19-12-10-13-20-25)26-21-14-11-15-22-26;/h9-16,19-24,27H,17-18,31H2,1-7H3,(H,32,33);/q-1;/b23-16-;/t24-,27+;/m0./s1. The number of carbonyl (C=O) groups excluding carboxylic acids is 1. The molecule has 0 aliphatic carbocycles. The Labute approximate surface area is 245 Å². The molecule has 0 fully saturated rings. The van der Waals surface area contributed by atoms with Crippen molar-refractivity contribution < 1.29 is 41.9 Å². The summed E-state index contributed by atoms with van der Waals surface area (Å²) in [7, 11) is -2.68. The molecule has 0 saturated carbocycles. The molecule has 0 aliphatic rings. The molecule has 1 amide bonds. The van der Waals surface area contributed by atoms with Crippen LogP contribution in [-0.2, 0) is 41.9 Å². The average molecular weight is 581 g/mol. The fourth-order valence-electron chi connectivity index (χ4n) is 4.23. The van der Waals surface area contributed by atoms with E-state index in [-0.39, 0.29) is 55.2 Å². The summed E-state index contributed by atoms with van der Waals surface area (Å²) in [4.78, 5) is 12.4. The smallest absolute Gasteiger partial charge is 0.261 e. The number of rotatable bonds is 10. The molecule has 4 nitrogen and oxygen atoms in total. The number of carbonyl (C=O) groups is 1. The van der Waals surface area contributed by atoms with Crippen molar-refractivity contribution in [3.05, 3.63) is 85.1 Å². The van der Waals surface area contributed by atoms with Gasteiger partial charge in [-0.2, -0.15) is 6.92 Å². The van der Waals surface area contributed by atoms with Gasteiger partial charge in [-0.15, -0.1) is 0 Å². The molecule has 0 saturated heterocycles. The summed E-state index contributed by atoms with van der Waals surface area (Å²) < 4.78 is 7.26. The Kier molecular flexibility index (Phi) is 13.2. The Hall–Kier alpha value is -1.37. The van der Waals surface area contributed by atoms with E-state index < -0.39 is 14.4 Å². The van der Waals surface area contributed by atoms with E-state index in [1.165, 1.54) is 10.4 Å². The van der Waals surface area contributed by atoms with Gasteiger partial charge in [0.25, 0.3) is 8.32 Å². The number of amides is 1. The van der Waals surface area contributed by atoms with Gasteiger partial charge in [-0.05, 0) is 39.9 Å². The van der Waals surface area contributed by atoms with Gasteiger partial charge in [0.15, 0.2) is 0 Å². The molecule has 3 N–H and O–H groups in total. The molecule has 0 bridgehead atoms. The van der Waals surface area contributed by atoms with E-state index in [4.69, 9.17) is 10.2 Å². The fourth-order valence-corrected chi connectivity index (χ4v) is 8.93. The van der Waals surface area contributed by atoms with Crippen molar-refractivity contribution in [3.63, 3.8) is 0 Å². The molecule has 1 radical (unpaired) electrons. The molecule has 0 aliphatic heterocycles. The number of nitrogens with two attached hydrogens (primary N) is 1. The molecular weight excluding hydrogens is 537 g/mol. The minimum atomic E-state index is -2.68. The second-order valence-corrected chi connectivity index (χ2v) is 15.4. The van der Waals surface area contributed by atoms with Crippen LogP contribution in [-0.4, -0.2) is 26.4 Å². The second kappa shape index (κ2) is 14.5. The van der Waals surface area contributed by atoms with E-state index in [0.717, 1.165) is 6.42 Å². The first-order chi connectivity index (χ1) is 16.4. The molecule has 2 atom stereocenters. The zero-order chi connectivity index (χ0) is 26.1. The van der Waals surface area contributed by atoms with Crippen LogP contribution in [0.4, 0.5) is 0 Å². The van der Waals surface area contributed by atoms with Gasteiger partial charge in [0.1, 0.15) is 0 Å². The minimum Gasteiger partial charge on any atom is -0.504 e. The van der Waals surface area contributed by atoms with Crippen LogP contribution in [0.5, 0.6) is 0 Å². The fraction of sp³-hybridized carbons (Fsp3) is 0.433. The normalized spacial score (nSPS) is 14.4. The van der Waals surface area contributed by atoms with E-state index in [1.807, 2.05) is 39.8 Å². The Morgan fingerprint density at radius 3 is 1.89 bits per heavy atom. The van der Waals surface area contributed by atoms with Gasteiger partial charge in [-0.3, -0.25) is 10.9 Å². The predicted molar refractivity (Wildman–Crippen MR) is 150 cm³/mol. The maximum atomic E-state index is 12.4. The Morgan fingerprint density at radius 1 is 0.972 bits per heavy atom. The molecule has 36 heavy (non-hydrogen) atoms. The summed E-state index contributed by atoms with van der Waals surface area (Å²) in [5.74, 6) is -0.181. The molecule has 2 aromatic carbocycles. The third kappa shape index (κ3) is 8.60. The summed E-state index contributed by atoms with van der Waals surface area (Å²) in [5, 5.41) is 5.24. The van der Waals surface area contributed by atoms with Crippen molar-refractivity contribution in [1.82, 2.24) is 5.32 Å². The largest absolute Gasteiger partial charge is 0.504 e. The number of benzene rings is 2. The van der Waals surface area contributed by atoms with E-state index in [9.17, 15) is 4.79 Å². The summed E-state index contributed by atoms with van der Waals surface area (Å²) in [6.07, 6.45) is 10.2. The maximum absolute atomic E-state index is 12.4. The number of nitrogens with one attached hydrogen (secondary N) is 1. The summed E-state index contributed by atoms with van der Waals surface area (Å²) in [5.41, 5.74) is 5.79. The van der Waals surface area contributed by atoms with Crippen molar-refractivity contribution in [3.8, 4) is 0 Å². The first-order valence-electron chi connectivity index (χ1n) is 12.4. The second-order valence-electron chi connectivity index (χ2n) is 11.1. The van der Waals surface area contributed by atoms with Gasteiger partial charge in [-0.25, -0.2) is 0 Å². The van der Waals surface area contributed by atoms with Crippen LogP contribution in [0.2, 0.25) is 5.04 Å². The first-order valence-corrected chi connectivity index (χ1v) is 14.3. The van der Waals surface area contributed by atoms with Crippen LogP contribution in [0.3, 0.4) is 0 Å². The van der Waals surface area contributed by atoms with Gasteiger partial charge < -0.3 is 21.6 Å². The Balaban J connectivity index is 0.00000648. The number of hydrogen-bond donors (Lipinski definition) is 2. The first kappa shape index (κ1) is 32.7. The molecule has 0 heterocycles.